The van der Waals surface area contributed by atoms with Crippen LogP contribution in [0.25, 0.3) is 132 Å². The highest BCUT2D eigenvalue weighted by Gasteiger charge is 2.09. The van der Waals surface area contributed by atoms with Crippen LogP contribution in [-0.2, 0) is 0 Å². The monoisotopic (exact) mass is 1670 g/mol. The summed E-state index contributed by atoms with van der Waals surface area (Å²) < 4.78 is 33.9. The Morgan fingerprint density at radius 2 is 0.187 bits per heavy atom. The molecular formula is C114H165N3O6. The maximum atomic E-state index is 5.65. The Balaban J connectivity index is -0.00000129. The second-order valence-corrected chi connectivity index (χ2v) is 23.4. The maximum Gasteiger partial charge on any atom is 0.135 e. The van der Waals surface area contributed by atoms with Crippen LogP contribution in [0.3, 0.4) is 0 Å². The molecule has 0 saturated heterocycles. The van der Waals surface area contributed by atoms with E-state index in [1.165, 1.54) is 124 Å². The number of furan rings is 6. The molecule has 0 saturated carbocycles. The molecule has 0 amide bonds. The summed E-state index contributed by atoms with van der Waals surface area (Å²) in [6, 6.07) is 97.2. The lowest BCUT2D eigenvalue weighted by Crippen LogP contribution is -2.21. The number of nitrogens with zero attached hydrogens (tertiary/aromatic N) is 3. The number of rotatable bonds is 9. The Morgan fingerprint density at radius 3 is 0.244 bits per heavy atom. The third-order valence-electron chi connectivity index (χ3n) is 17.7. The largest absolute Gasteiger partial charge is 0.456 e. The predicted molar refractivity (Wildman–Crippen MR) is 559 cm³/mol. The fraction of sp³-hybridized carbons (Fsp3) is 0.368. The second-order valence-electron chi connectivity index (χ2n) is 23.4. The molecule has 18 aromatic rings. The van der Waals surface area contributed by atoms with E-state index in [1.807, 2.05) is 385 Å². The molecule has 0 aliphatic heterocycles. The Kier molecular flexibility index (Phi) is 72.2. The van der Waals surface area contributed by atoms with Gasteiger partial charge in [0.1, 0.15) is 67.0 Å². The molecule has 0 bridgehead atoms. The highest BCUT2D eigenvalue weighted by molar-refractivity contribution is 6.08. The average molecular weight is 1670 g/mol. The van der Waals surface area contributed by atoms with Crippen molar-refractivity contribution in [2.45, 2.75) is 228 Å². The Bertz CT molecular complexity index is 4220. The first-order chi connectivity index (χ1) is 60.7. The van der Waals surface area contributed by atoms with Crippen molar-refractivity contribution >= 4 is 132 Å². The molecule has 6 heterocycles. The highest BCUT2D eigenvalue weighted by Crippen LogP contribution is 2.33. The minimum absolute atomic E-state index is 0.962. The number of para-hydroxylation sites is 12. The molecule has 9 heteroatoms. The van der Waals surface area contributed by atoms with Gasteiger partial charge in [-0.2, -0.15) is 0 Å². The first-order valence-corrected chi connectivity index (χ1v) is 47.1. The number of fused-ring (bicyclic) bond motifs is 18. The lowest BCUT2D eigenvalue weighted by atomic mass is 10.2. The van der Waals surface area contributed by atoms with Crippen molar-refractivity contribution in [3.8, 4) is 0 Å². The molecule has 12 aromatic carbocycles. The minimum atomic E-state index is 0.962. The molecule has 0 aliphatic carbocycles. The zero-order chi connectivity index (χ0) is 93.1. The van der Waals surface area contributed by atoms with Gasteiger partial charge in [0.2, 0.25) is 0 Å². The standard InChI is InChI=1S/6C12H8O.3C6H15N.12C2H6/c6*1-3-7-11-9(5-1)10-6-2-4-8-12(10)13-11;3*1-4-7(5-2)6-3;12*1-2/h6*1-8H;3*4-6H2,1-3H3;12*1-2H3. The van der Waals surface area contributed by atoms with Crippen LogP contribution >= 0.6 is 0 Å². The molecule has 0 unspecified atom stereocenters. The molecule has 0 aliphatic rings. The van der Waals surface area contributed by atoms with Gasteiger partial charge in [-0.3, -0.25) is 0 Å². The second kappa shape index (κ2) is 76.2. The highest BCUT2D eigenvalue weighted by atomic mass is 16.3. The topological polar surface area (TPSA) is 88.6 Å². The van der Waals surface area contributed by atoms with E-state index in [1.54, 1.807) is 0 Å². The molecule has 672 valence electrons. The van der Waals surface area contributed by atoms with Gasteiger partial charge < -0.3 is 41.2 Å². The van der Waals surface area contributed by atoms with E-state index in [-0.39, 0.29) is 0 Å². The van der Waals surface area contributed by atoms with E-state index in [9.17, 15) is 0 Å². The lowest BCUT2D eigenvalue weighted by molar-refractivity contribution is 0.321. The normalized spacial score (nSPS) is 9.37. The number of hydrogen-bond acceptors (Lipinski definition) is 9. The van der Waals surface area contributed by atoms with Crippen LogP contribution < -0.4 is 0 Å². The summed E-state index contributed by atoms with van der Waals surface area (Å²) in [5.74, 6) is 0. The van der Waals surface area contributed by atoms with Gasteiger partial charge in [-0.15, -0.1) is 0 Å². The van der Waals surface area contributed by atoms with Crippen LogP contribution in [0.1, 0.15) is 228 Å². The predicted octanol–water partition coefficient (Wildman–Crippen LogP) is 37.9. The van der Waals surface area contributed by atoms with Gasteiger partial charge in [0.05, 0.1) is 0 Å². The number of hydrogen-bond donors (Lipinski definition) is 0. The van der Waals surface area contributed by atoms with Crippen molar-refractivity contribution in [2.24, 2.45) is 0 Å². The van der Waals surface area contributed by atoms with E-state index in [4.69, 9.17) is 26.5 Å². The van der Waals surface area contributed by atoms with E-state index in [0.717, 1.165) is 67.0 Å². The van der Waals surface area contributed by atoms with Crippen LogP contribution in [-0.4, -0.2) is 73.6 Å². The maximum absolute atomic E-state index is 5.65. The third-order valence-corrected chi connectivity index (χ3v) is 17.7. The quantitative estimate of drug-likeness (QED) is 0.140. The summed E-state index contributed by atoms with van der Waals surface area (Å²) in [7, 11) is 0. The minimum Gasteiger partial charge on any atom is -0.456 e. The molecule has 0 spiro atoms. The Labute approximate surface area is 746 Å². The van der Waals surface area contributed by atoms with Gasteiger partial charge in [0, 0.05) is 64.6 Å². The SMILES string of the molecule is CC.CC.CC.CC.CC.CC.CC.CC.CC.CC.CC.CC.CCN(CC)CC.CCN(CC)CC.CCN(CC)CC.c1ccc2c(c1)oc1ccccc12.c1ccc2c(c1)oc1ccccc12.c1ccc2c(c1)oc1ccccc12.c1ccc2c(c1)oc1ccccc12.c1ccc2c(c1)oc1ccccc12.c1ccc2c(c1)oc1ccccc12. The molecule has 18 rings (SSSR count). The van der Waals surface area contributed by atoms with Crippen LogP contribution in [0.15, 0.2) is 318 Å². The van der Waals surface area contributed by atoms with Gasteiger partial charge in [0.15, 0.2) is 0 Å². The van der Waals surface area contributed by atoms with Gasteiger partial charge in [-0.1, -0.05) is 447 Å². The third kappa shape index (κ3) is 37.9. The van der Waals surface area contributed by atoms with Crippen molar-refractivity contribution in [1.82, 2.24) is 14.7 Å². The van der Waals surface area contributed by atoms with Crippen LogP contribution in [0.5, 0.6) is 0 Å². The average Bonchev–Trinajstić information content (AvgIpc) is 1.70. The summed E-state index contributed by atoms with van der Waals surface area (Å²) >= 11 is 0. The Hall–Kier alpha value is -10.7. The molecule has 123 heavy (non-hydrogen) atoms. The molecule has 9 nitrogen and oxygen atoms in total. The summed E-state index contributed by atoms with van der Waals surface area (Å²) in [5, 5.41) is 14.3. The zero-order valence-corrected chi connectivity index (χ0v) is 82.9. The van der Waals surface area contributed by atoms with Crippen LogP contribution in [0.4, 0.5) is 0 Å². The van der Waals surface area contributed by atoms with Crippen molar-refractivity contribution in [3.63, 3.8) is 0 Å². The molecule has 0 radical (unpaired) electrons. The fourth-order valence-corrected chi connectivity index (χ4v) is 12.1. The first-order valence-electron chi connectivity index (χ1n) is 47.1. The zero-order valence-electron chi connectivity index (χ0n) is 82.9. The smallest absolute Gasteiger partial charge is 0.135 e. The van der Waals surface area contributed by atoms with Gasteiger partial charge >= 0.3 is 0 Å². The van der Waals surface area contributed by atoms with Gasteiger partial charge in [-0.05, 0) is 132 Å². The first kappa shape index (κ1) is 116. The fourth-order valence-electron chi connectivity index (χ4n) is 12.1. The summed E-state index contributed by atoms with van der Waals surface area (Å²) in [6.45, 7) is 78.4. The molecule has 0 N–H and O–H groups in total. The lowest BCUT2D eigenvalue weighted by Gasteiger charge is -2.13. The Morgan fingerprint density at radius 1 is 0.122 bits per heavy atom. The van der Waals surface area contributed by atoms with Crippen LogP contribution in [0.2, 0.25) is 0 Å². The van der Waals surface area contributed by atoms with E-state index in [2.05, 4.69) is 150 Å². The van der Waals surface area contributed by atoms with Gasteiger partial charge in [-0.25, -0.2) is 0 Å². The molecule has 6 aromatic heterocycles. The van der Waals surface area contributed by atoms with Gasteiger partial charge in [0.25, 0.3) is 0 Å². The van der Waals surface area contributed by atoms with E-state index >= 15 is 0 Å². The summed E-state index contributed by atoms with van der Waals surface area (Å²) in [4.78, 5) is 7.12. The van der Waals surface area contributed by atoms with E-state index in [0.29, 0.717) is 0 Å². The van der Waals surface area contributed by atoms with Crippen LogP contribution in [0, 0.1) is 0 Å². The summed E-state index contributed by atoms with van der Waals surface area (Å²) in [6.07, 6.45) is 0. The van der Waals surface area contributed by atoms with E-state index < -0.39 is 0 Å². The summed E-state index contributed by atoms with van der Waals surface area (Å²) in [5.41, 5.74) is 11.5. The van der Waals surface area contributed by atoms with Crippen molar-refractivity contribution < 1.29 is 26.5 Å². The van der Waals surface area contributed by atoms with Crippen molar-refractivity contribution in [3.05, 3.63) is 291 Å². The molecule has 0 atom stereocenters. The van der Waals surface area contributed by atoms with Crippen molar-refractivity contribution in [1.29, 1.82) is 0 Å². The van der Waals surface area contributed by atoms with Crippen molar-refractivity contribution in [2.75, 3.05) is 58.9 Å². The number of benzene rings is 12. The molecule has 0 fully saturated rings. The molecular weight excluding hydrogens is 1510 g/mol.